The summed E-state index contributed by atoms with van der Waals surface area (Å²) in [5.74, 6) is 0. The second-order valence-corrected chi connectivity index (χ2v) is 14.5. The summed E-state index contributed by atoms with van der Waals surface area (Å²) >= 11 is 6.83. The largest absolute Gasteiger partial charge is 2.00 e. The average Bonchev–Trinajstić information content (AvgIpc) is 3.10. The Kier molecular flexibility index (Phi) is 26.9. The van der Waals surface area contributed by atoms with Crippen LogP contribution < -0.4 is 24.8 Å². The Balaban J connectivity index is 0.00000867. The molecule has 1 aromatic heterocycles. The van der Waals surface area contributed by atoms with E-state index in [0.29, 0.717) is 5.02 Å². The maximum absolute atomic E-state index is 6.83. The zero-order valence-corrected chi connectivity index (χ0v) is 36.8. The van der Waals surface area contributed by atoms with Crippen LogP contribution in [0.15, 0.2) is 46.4 Å². The van der Waals surface area contributed by atoms with E-state index < -0.39 is 0 Å². The molecule has 0 bridgehead atoms. The number of benzene rings is 2. The monoisotopic (exact) mass is 812 g/mol. The van der Waals surface area contributed by atoms with E-state index in [1.807, 2.05) is 12.1 Å². The predicted molar refractivity (Wildman–Crippen MR) is 218 cm³/mol. The Labute approximate surface area is 346 Å². The third kappa shape index (κ3) is 16.0. The van der Waals surface area contributed by atoms with E-state index in [2.05, 4.69) is 79.7 Å². The number of unbranched alkanes of at least 4 members (excludes halogenated alkanes) is 6. The molecule has 1 heterocycles. The first-order valence-corrected chi connectivity index (χ1v) is 20.2. The van der Waals surface area contributed by atoms with E-state index >= 15 is 0 Å². The van der Waals surface area contributed by atoms with Crippen molar-refractivity contribution in [3.8, 4) is 0 Å². The molecular weight excluding hydrogens is 748 g/mol. The van der Waals surface area contributed by atoms with Crippen LogP contribution in [0.2, 0.25) is 5.02 Å². The fraction of sp³-hybridized carbons (Fsp3) is 0.578. The van der Waals surface area contributed by atoms with Gasteiger partial charge in [-0.15, -0.1) is 0 Å². The molecule has 3 rings (SSSR count). The van der Waals surface area contributed by atoms with Crippen molar-refractivity contribution in [3.63, 3.8) is 0 Å². The molecule has 0 aliphatic carbocycles. The number of aromatic nitrogens is 1. The first kappa shape index (κ1) is 50.3. The summed E-state index contributed by atoms with van der Waals surface area (Å²) in [5, 5.41) is 0.670. The van der Waals surface area contributed by atoms with Gasteiger partial charge in [-0.3, -0.25) is 9.98 Å². The Hall–Kier alpha value is -1.69. The van der Waals surface area contributed by atoms with Gasteiger partial charge >= 0.3 is 16.8 Å². The molecule has 0 unspecified atom stereocenters. The van der Waals surface area contributed by atoms with E-state index in [9.17, 15) is 0 Å². The van der Waals surface area contributed by atoms with Gasteiger partial charge in [0.15, 0.2) is 0 Å². The van der Waals surface area contributed by atoms with Crippen LogP contribution in [0, 0.1) is 0 Å². The summed E-state index contributed by atoms with van der Waals surface area (Å²) in [6.07, 6.45) is 20.7. The first-order valence-electron chi connectivity index (χ1n) is 19.9. The summed E-state index contributed by atoms with van der Waals surface area (Å²) in [5.41, 5.74) is 14.2. The molecule has 1 radical (unpaired) electrons. The van der Waals surface area contributed by atoms with Crippen LogP contribution in [-0.4, -0.2) is 16.4 Å². The van der Waals surface area contributed by atoms with Crippen molar-refractivity contribution in [1.29, 1.82) is 0 Å². The molecule has 291 valence electrons. The molecule has 0 fully saturated rings. The molecule has 0 spiro atoms. The van der Waals surface area contributed by atoms with Crippen LogP contribution in [0.4, 0.5) is 11.4 Å². The van der Waals surface area contributed by atoms with Crippen LogP contribution in [0.3, 0.4) is 0 Å². The molecule has 0 aliphatic heterocycles. The van der Waals surface area contributed by atoms with Crippen molar-refractivity contribution in [2.75, 3.05) is 0 Å². The summed E-state index contributed by atoms with van der Waals surface area (Å²) in [6.45, 7) is 17.8. The quantitative estimate of drug-likeness (QED) is 0.0947. The molecule has 0 atom stereocenters. The molecule has 52 heavy (non-hydrogen) atoms. The maximum Gasteiger partial charge on any atom is 2.00 e. The molecule has 3 nitrogen and oxygen atoms in total. The predicted octanol–water partition coefficient (Wildman–Crippen LogP) is 8.08. The Bertz CT molecular complexity index is 1360. The fourth-order valence-corrected chi connectivity index (χ4v) is 6.76. The smallest absolute Gasteiger partial charge is 1.00 e. The normalized spacial score (nSPS) is 11.6. The minimum Gasteiger partial charge on any atom is -1.00 e. The van der Waals surface area contributed by atoms with Gasteiger partial charge in [-0.1, -0.05) is 116 Å². The second kappa shape index (κ2) is 27.8. The van der Waals surface area contributed by atoms with Crippen molar-refractivity contribution < 1.29 is 41.6 Å². The average molecular weight is 814 g/mol. The molecular formula is C45H66Cl3CoN3. The Morgan fingerprint density at radius 1 is 0.481 bits per heavy atom. The van der Waals surface area contributed by atoms with Gasteiger partial charge in [0.05, 0.1) is 34.2 Å². The number of aryl methyl sites for hydroxylation is 6. The summed E-state index contributed by atoms with van der Waals surface area (Å²) < 4.78 is 0. The number of rotatable bonds is 22. The van der Waals surface area contributed by atoms with Crippen LogP contribution in [0.5, 0.6) is 0 Å². The van der Waals surface area contributed by atoms with E-state index in [0.717, 1.165) is 72.7 Å². The van der Waals surface area contributed by atoms with E-state index in [1.54, 1.807) is 0 Å². The summed E-state index contributed by atoms with van der Waals surface area (Å²) in [6, 6.07) is 13.7. The van der Waals surface area contributed by atoms with Crippen molar-refractivity contribution in [2.45, 2.75) is 171 Å². The van der Waals surface area contributed by atoms with Gasteiger partial charge in [-0.25, -0.2) is 4.98 Å². The van der Waals surface area contributed by atoms with Gasteiger partial charge in [0.2, 0.25) is 0 Å². The molecule has 0 saturated heterocycles. The molecule has 0 N–H and O–H groups in total. The van der Waals surface area contributed by atoms with Crippen LogP contribution in [0.1, 0.15) is 177 Å². The molecule has 2 aromatic carbocycles. The third-order valence-corrected chi connectivity index (χ3v) is 9.80. The number of hydrogen-bond acceptors (Lipinski definition) is 3. The molecule has 0 aliphatic rings. The number of nitrogens with zero attached hydrogens (tertiary/aromatic N) is 3. The van der Waals surface area contributed by atoms with Crippen molar-refractivity contribution in [2.24, 2.45) is 9.98 Å². The van der Waals surface area contributed by atoms with Crippen LogP contribution in [-0.2, 0) is 55.3 Å². The zero-order valence-electron chi connectivity index (χ0n) is 33.5. The molecule has 0 saturated carbocycles. The molecule has 3 aromatic rings. The van der Waals surface area contributed by atoms with Gasteiger partial charge in [0.1, 0.15) is 0 Å². The minimum absolute atomic E-state index is 0. The molecule has 0 amide bonds. The van der Waals surface area contributed by atoms with Gasteiger partial charge < -0.3 is 24.8 Å². The number of aliphatic imine (C=N–C) groups is 2. The van der Waals surface area contributed by atoms with E-state index in [-0.39, 0.29) is 41.6 Å². The molecule has 7 heteroatoms. The van der Waals surface area contributed by atoms with Gasteiger partial charge in [0.25, 0.3) is 0 Å². The second-order valence-electron chi connectivity index (χ2n) is 14.1. The first-order chi connectivity index (χ1) is 23.8. The Morgan fingerprint density at radius 3 is 1.02 bits per heavy atom. The Morgan fingerprint density at radius 2 is 0.750 bits per heavy atom. The van der Waals surface area contributed by atoms with Gasteiger partial charge in [-0.2, -0.15) is 0 Å². The van der Waals surface area contributed by atoms with Crippen molar-refractivity contribution >= 4 is 34.4 Å². The van der Waals surface area contributed by atoms with E-state index in [4.69, 9.17) is 26.6 Å². The van der Waals surface area contributed by atoms with Gasteiger partial charge in [0, 0.05) is 5.02 Å². The number of hydrogen-bond donors (Lipinski definition) is 0. The fourth-order valence-electron chi connectivity index (χ4n) is 6.55. The number of halogens is 3. The van der Waals surface area contributed by atoms with Crippen LogP contribution in [0.25, 0.3) is 0 Å². The summed E-state index contributed by atoms with van der Waals surface area (Å²) in [7, 11) is 0. The van der Waals surface area contributed by atoms with Gasteiger partial charge in [-0.05, 0) is 136 Å². The maximum atomic E-state index is 6.83. The number of pyridine rings is 1. The topological polar surface area (TPSA) is 37.6 Å². The van der Waals surface area contributed by atoms with E-state index in [1.165, 1.54) is 110 Å². The van der Waals surface area contributed by atoms with Crippen molar-refractivity contribution in [1.82, 2.24) is 4.98 Å². The standard InChI is InChI=1S/C45H66ClN3.2ClH.Co/c1-9-15-21-35-27-37(23-17-11-3)44(38(28-35)24-18-12-4)47-33(7)42-31-41(46)32-43(49-42)34(8)48-45-39(25-19-13-5)29-36(22-16-10-2)30-40(45)26-20-14-6;;;/h27-32H,9-26H2,1-8H3;2*1H;/q;;;+2/p-2. The summed E-state index contributed by atoms with van der Waals surface area (Å²) in [4.78, 5) is 15.9. The third-order valence-electron chi connectivity index (χ3n) is 9.58. The zero-order chi connectivity index (χ0) is 35.6. The minimum atomic E-state index is 0. The van der Waals surface area contributed by atoms with Crippen LogP contribution >= 0.6 is 11.6 Å². The SMILES string of the molecule is CCCCc1cc(CCCC)c(N=C(C)c2cc(Cl)cc(C(C)=Nc3c(CCCC)cc(CCCC)cc3CCCC)n2)c(CCCC)c1.[Cl-].[Cl-].[Co+2]. The van der Waals surface area contributed by atoms with Crippen molar-refractivity contribution in [3.05, 3.63) is 86.2 Å².